The van der Waals surface area contributed by atoms with Crippen molar-refractivity contribution in [2.24, 2.45) is 0 Å². The highest BCUT2D eigenvalue weighted by Crippen LogP contribution is 2.18. The molecule has 2 rings (SSSR count). The maximum atomic E-state index is 12.6. The normalized spacial score (nSPS) is 14.2. The molecule has 20 heavy (non-hydrogen) atoms. The number of carbonyl (C=O) groups is 1. The molecule has 0 spiro atoms. The maximum absolute atomic E-state index is 12.6. The van der Waals surface area contributed by atoms with Crippen LogP contribution in [0.25, 0.3) is 0 Å². The van der Waals surface area contributed by atoms with Crippen LogP contribution in [0.1, 0.15) is 35.3 Å². The van der Waals surface area contributed by atoms with Gasteiger partial charge in [0.1, 0.15) is 0 Å². The van der Waals surface area contributed by atoms with Gasteiger partial charge in [-0.15, -0.1) is 0 Å². The SMILES string of the molecule is COCCN(C(=O)c1ccc2c(c1)CNCC2)C(C)C. The summed E-state index contributed by atoms with van der Waals surface area (Å²) in [6.45, 7) is 7.14. The van der Waals surface area contributed by atoms with Gasteiger partial charge >= 0.3 is 0 Å². The third kappa shape index (κ3) is 3.38. The van der Waals surface area contributed by atoms with E-state index in [0.29, 0.717) is 13.2 Å². The van der Waals surface area contributed by atoms with Crippen LogP contribution >= 0.6 is 0 Å². The van der Waals surface area contributed by atoms with Gasteiger partial charge in [0.25, 0.3) is 5.91 Å². The van der Waals surface area contributed by atoms with Crippen molar-refractivity contribution in [3.05, 3.63) is 34.9 Å². The Morgan fingerprint density at radius 1 is 1.40 bits per heavy atom. The highest BCUT2D eigenvalue weighted by atomic mass is 16.5. The second kappa shape index (κ2) is 6.86. The summed E-state index contributed by atoms with van der Waals surface area (Å²) in [5.74, 6) is 0.0884. The van der Waals surface area contributed by atoms with E-state index in [1.807, 2.05) is 30.9 Å². The van der Waals surface area contributed by atoms with Gasteiger partial charge in [-0.25, -0.2) is 0 Å². The molecule has 0 fully saturated rings. The summed E-state index contributed by atoms with van der Waals surface area (Å²) >= 11 is 0. The Labute approximate surface area is 121 Å². The Hall–Kier alpha value is -1.39. The van der Waals surface area contributed by atoms with E-state index in [1.165, 1.54) is 11.1 Å². The second-order valence-corrected chi connectivity index (χ2v) is 5.50. The number of carbonyl (C=O) groups excluding carboxylic acids is 1. The number of ether oxygens (including phenoxy) is 1. The van der Waals surface area contributed by atoms with Gasteiger partial charge in [-0.3, -0.25) is 4.79 Å². The van der Waals surface area contributed by atoms with Crippen LogP contribution in [0.3, 0.4) is 0 Å². The average Bonchev–Trinajstić information content (AvgIpc) is 2.46. The highest BCUT2D eigenvalue weighted by Gasteiger charge is 2.20. The standard InChI is InChI=1S/C16H24N2O2/c1-12(2)18(8-9-20-3)16(19)14-5-4-13-6-7-17-11-15(13)10-14/h4-5,10,12,17H,6-9,11H2,1-3H3. The fraction of sp³-hybridized carbons (Fsp3) is 0.562. The summed E-state index contributed by atoms with van der Waals surface area (Å²) in [6, 6.07) is 6.26. The molecule has 0 aliphatic carbocycles. The zero-order valence-electron chi connectivity index (χ0n) is 12.6. The Balaban J connectivity index is 2.18. The second-order valence-electron chi connectivity index (χ2n) is 5.50. The molecule has 1 amide bonds. The van der Waals surface area contributed by atoms with E-state index in [-0.39, 0.29) is 11.9 Å². The predicted molar refractivity (Wildman–Crippen MR) is 79.9 cm³/mol. The van der Waals surface area contributed by atoms with Crippen molar-refractivity contribution < 1.29 is 9.53 Å². The first-order chi connectivity index (χ1) is 9.63. The van der Waals surface area contributed by atoms with Gasteiger partial charge < -0.3 is 15.0 Å². The first-order valence-electron chi connectivity index (χ1n) is 7.26. The zero-order chi connectivity index (χ0) is 14.5. The summed E-state index contributed by atoms with van der Waals surface area (Å²) < 4.78 is 5.10. The lowest BCUT2D eigenvalue weighted by molar-refractivity contribution is 0.0635. The van der Waals surface area contributed by atoms with Gasteiger partial charge in [0.05, 0.1) is 6.61 Å². The number of nitrogens with one attached hydrogen (secondary N) is 1. The van der Waals surface area contributed by atoms with Crippen molar-refractivity contribution in [3.63, 3.8) is 0 Å². The minimum Gasteiger partial charge on any atom is -0.383 e. The lowest BCUT2D eigenvalue weighted by atomic mass is 9.98. The first-order valence-corrected chi connectivity index (χ1v) is 7.26. The topological polar surface area (TPSA) is 41.6 Å². The molecule has 110 valence electrons. The molecular weight excluding hydrogens is 252 g/mol. The molecule has 0 atom stereocenters. The molecule has 1 aromatic carbocycles. The van der Waals surface area contributed by atoms with Crippen molar-refractivity contribution in [1.82, 2.24) is 10.2 Å². The van der Waals surface area contributed by atoms with E-state index in [9.17, 15) is 4.79 Å². The number of rotatable bonds is 5. The first kappa shape index (κ1) is 15.0. The molecule has 1 heterocycles. The molecule has 0 saturated carbocycles. The summed E-state index contributed by atoms with van der Waals surface area (Å²) in [5.41, 5.74) is 3.38. The van der Waals surface area contributed by atoms with E-state index in [2.05, 4.69) is 11.4 Å². The number of hydrogen-bond acceptors (Lipinski definition) is 3. The fourth-order valence-electron chi connectivity index (χ4n) is 2.56. The molecule has 4 nitrogen and oxygen atoms in total. The van der Waals surface area contributed by atoms with Gasteiger partial charge in [0, 0.05) is 31.8 Å². The molecule has 0 unspecified atom stereocenters. The Morgan fingerprint density at radius 3 is 2.90 bits per heavy atom. The summed E-state index contributed by atoms with van der Waals surface area (Å²) in [7, 11) is 1.66. The van der Waals surface area contributed by atoms with Crippen LogP contribution in [-0.2, 0) is 17.7 Å². The molecule has 0 radical (unpaired) electrons. The number of methoxy groups -OCH3 is 1. The van der Waals surface area contributed by atoms with Crippen molar-refractivity contribution in [2.45, 2.75) is 32.9 Å². The van der Waals surface area contributed by atoms with Crippen molar-refractivity contribution >= 4 is 5.91 Å². The van der Waals surface area contributed by atoms with Crippen LogP contribution in [0.2, 0.25) is 0 Å². The van der Waals surface area contributed by atoms with E-state index in [1.54, 1.807) is 7.11 Å². The van der Waals surface area contributed by atoms with Gasteiger partial charge in [0.15, 0.2) is 0 Å². The summed E-state index contributed by atoms with van der Waals surface area (Å²) in [4.78, 5) is 14.5. The molecular formula is C16H24N2O2. The van der Waals surface area contributed by atoms with E-state index in [0.717, 1.165) is 25.1 Å². The molecule has 1 aliphatic heterocycles. The maximum Gasteiger partial charge on any atom is 0.254 e. The Bertz CT molecular complexity index is 472. The summed E-state index contributed by atoms with van der Waals surface area (Å²) in [6.07, 6.45) is 1.04. The van der Waals surface area contributed by atoms with Gasteiger partial charge in [0.2, 0.25) is 0 Å². The third-order valence-electron chi connectivity index (χ3n) is 3.76. The molecule has 0 bridgehead atoms. The van der Waals surface area contributed by atoms with Crippen LogP contribution < -0.4 is 5.32 Å². The Kier molecular flexibility index (Phi) is 5.15. The van der Waals surface area contributed by atoms with E-state index >= 15 is 0 Å². The largest absolute Gasteiger partial charge is 0.383 e. The van der Waals surface area contributed by atoms with Gasteiger partial charge in [-0.2, -0.15) is 0 Å². The molecule has 0 saturated heterocycles. The number of hydrogen-bond donors (Lipinski definition) is 1. The Morgan fingerprint density at radius 2 is 2.20 bits per heavy atom. The third-order valence-corrected chi connectivity index (χ3v) is 3.76. The van der Waals surface area contributed by atoms with Crippen LogP contribution in [0.4, 0.5) is 0 Å². The van der Waals surface area contributed by atoms with Gasteiger partial charge in [-0.05, 0) is 50.1 Å². The zero-order valence-corrected chi connectivity index (χ0v) is 12.6. The molecule has 1 N–H and O–H groups in total. The molecule has 4 heteroatoms. The van der Waals surface area contributed by atoms with Gasteiger partial charge in [-0.1, -0.05) is 6.07 Å². The number of nitrogens with zero attached hydrogens (tertiary/aromatic N) is 1. The number of amides is 1. The monoisotopic (exact) mass is 276 g/mol. The van der Waals surface area contributed by atoms with Crippen molar-refractivity contribution in [2.75, 3.05) is 26.8 Å². The molecule has 1 aliphatic rings. The quantitative estimate of drug-likeness (QED) is 0.892. The van der Waals surface area contributed by atoms with Crippen molar-refractivity contribution in [1.29, 1.82) is 0 Å². The minimum absolute atomic E-state index is 0.0884. The van der Waals surface area contributed by atoms with Crippen LogP contribution in [0.15, 0.2) is 18.2 Å². The fourth-order valence-corrected chi connectivity index (χ4v) is 2.56. The predicted octanol–water partition coefficient (Wildman–Crippen LogP) is 1.83. The van der Waals surface area contributed by atoms with Crippen LogP contribution in [0, 0.1) is 0 Å². The van der Waals surface area contributed by atoms with E-state index in [4.69, 9.17) is 4.74 Å². The molecule has 1 aromatic rings. The highest BCUT2D eigenvalue weighted by molar-refractivity contribution is 5.94. The van der Waals surface area contributed by atoms with E-state index < -0.39 is 0 Å². The smallest absolute Gasteiger partial charge is 0.254 e. The average molecular weight is 276 g/mol. The lowest BCUT2D eigenvalue weighted by Crippen LogP contribution is -2.39. The van der Waals surface area contributed by atoms with Crippen LogP contribution in [-0.4, -0.2) is 43.7 Å². The minimum atomic E-state index is 0.0884. The number of benzene rings is 1. The summed E-state index contributed by atoms with van der Waals surface area (Å²) in [5, 5.41) is 3.35. The molecule has 0 aromatic heterocycles. The van der Waals surface area contributed by atoms with Crippen molar-refractivity contribution in [3.8, 4) is 0 Å². The number of fused-ring (bicyclic) bond motifs is 1. The lowest BCUT2D eigenvalue weighted by Gasteiger charge is -2.27. The van der Waals surface area contributed by atoms with Crippen LogP contribution in [0.5, 0.6) is 0 Å².